The number of carbonyl (C=O) groups excluding carboxylic acids is 1. The third kappa shape index (κ3) is 5.23. The van der Waals surface area contributed by atoms with Crippen molar-refractivity contribution in [3.05, 3.63) is 55.9 Å². The molecule has 2 rings (SSSR count). The number of phenols is 1. The zero-order valence-electron chi connectivity index (χ0n) is 11.7. The second-order valence-corrected chi connectivity index (χ2v) is 6.60. The zero-order chi connectivity index (χ0) is 16.8. The molecule has 0 aliphatic carbocycles. The molecule has 0 aliphatic heterocycles. The summed E-state index contributed by atoms with van der Waals surface area (Å²) in [5.74, 6) is -0.233. The van der Waals surface area contributed by atoms with Crippen LogP contribution in [-0.2, 0) is 4.79 Å². The van der Waals surface area contributed by atoms with Crippen LogP contribution in [0.4, 0.5) is 5.69 Å². The van der Waals surface area contributed by atoms with Crippen molar-refractivity contribution in [1.82, 2.24) is 5.43 Å². The lowest BCUT2D eigenvalue weighted by molar-refractivity contribution is -0.119. The average molecular weight is 462 g/mol. The van der Waals surface area contributed by atoms with Crippen molar-refractivity contribution < 1.29 is 9.90 Å². The molecule has 0 saturated carbocycles. The molecule has 0 atom stereocenters. The molecule has 0 saturated heterocycles. The van der Waals surface area contributed by atoms with Gasteiger partial charge in [-0.3, -0.25) is 4.79 Å². The lowest BCUT2D eigenvalue weighted by Gasteiger charge is -2.10. The Bertz CT molecular complexity index is 730. The zero-order valence-corrected chi connectivity index (χ0v) is 15.6. The van der Waals surface area contributed by atoms with E-state index in [0.29, 0.717) is 16.3 Å². The number of para-hydroxylation sites is 1. The number of amides is 1. The highest BCUT2D eigenvalue weighted by atomic mass is 79.9. The molecule has 0 aromatic heterocycles. The molecule has 0 fully saturated rings. The molecule has 0 heterocycles. The second kappa shape index (κ2) is 8.33. The summed E-state index contributed by atoms with van der Waals surface area (Å²) in [4.78, 5) is 11.8. The topological polar surface area (TPSA) is 73.7 Å². The predicted octanol–water partition coefficient (Wildman–Crippen LogP) is 4.13. The fraction of sp³-hybridized carbons (Fsp3) is 0.0667. The van der Waals surface area contributed by atoms with Gasteiger partial charge in [0, 0.05) is 19.5 Å². The number of hydrazone groups is 1. The molecular weight excluding hydrogens is 449 g/mol. The first-order chi connectivity index (χ1) is 11.0. The number of aromatic hydroxyl groups is 1. The van der Waals surface area contributed by atoms with Crippen molar-refractivity contribution in [2.45, 2.75) is 0 Å². The number of hydrogen-bond acceptors (Lipinski definition) is 4. The molecule has 0 spiro atoms. The Morgan fingerprint density at radius 3 is 2.57 bits per heavy atom. The number of nitrogens with one attached hydrogen (secondary N) is 2. The van der Waals surface area contributed by atoms with Crippen LogP contribution in [0.5, 0.6) is 5.75 Å². The van der Waals surface area contributed by atoms with Gasteiger partial charge < -0.3 is 10.4 Å². The molecule has 0 bridgehead atoms. The van der Waals surface area contributed by atoms with E-state index >= 15 is 0 Å². The van der Waals surface area contributed by atoms with E-state index in [1.54, 1.807) is 36.4 Å². The van der Waals surface area contributed by atoms with Gasteiger partial charge in [-0.25, -0.2) is 5.43 Å². The Morgan fingerprint density at radius 2 is 1.91 bits per heavy atom. The van der Waals surface area contributed by atoms with Gasteiger partial charge in [-0.05, 0) is 56.1 Å². The normalized spacial score (nSPS) is 10.7. The lowest BCUT2D eigenvalue weighted by Crippen LogP contribution is -2.26. The van der Waals surface area contributed by atoms with Crippen LogP contribution in [0.3, 0.4) is 0 Å². The molecule has 8 heteroatoms. The Morgan fingerprint density at radius 1 is 1.26 bits per heavy atom. The maximum Gasteiger partial charge on any atom is 0.259 e. The van der Waals surface area contributed by atoms with E-state index < -0.39 is 0 Å². The second-order valence-electron chi connectivity index (χ2n) is 4.45. The minimum Gasteiger partial charge on any atom is -0.507 e. The van der Waals surface area contributed by atoms with Crippen molar-refractivity contribution in [3.8, 4) is 5.75 Å². The summed E-state index contributed by atoms with van der Waals surface area (Å²) in [5.41, 5.74) is 3.61. The first-order valence-corrected chi connectivity index (χ1v) is 8.42. The Hall–Kier alpha value is -1.57. The number of halogens is 3. The monoisotopic (exact) mass is 459 g/mol. The van der Waals surface area contributed by atoms with E-state index in [-0.39, 0.29) is 18.2 Å². The first kappa shape index (κ1) is 17.8. The van der Waals surface area contributed by atoms with Gasteiger partial charge in [0.05, 0.1) is 18.4 Å². The molecule has 2 aromatic carbocycles. The summed E-state index contributed by atoms with van der Waals surface area (Å²) in [6, 6.07) is 10.1. The van der Waals surface area contributed by atoms with Crippen molar-refractivity contribution >= 4 is 61.3 Å². The summed E-state index contributed by atoms with van der Waals surface area (Å²) in [6.45, 7) is 0.0247. The number of nitrogens with zero attached hydrogens (tertiary/aromatic N) is 1. The van der Waals surface area contributed by atoms with Crippen LogP contribution in [0.15, 0.2) is 50.4 Å². The van der Waals surface area contributed by atoms with Crippen molar-refractivity contribution in [1.29, 1.82) is 0 Å². The fourth-order valence-corrected chi connectivity index (χ4v) is 3.64. The first-order valence-electron chi connectivity index (χ1n) is 6.45. The highest BCUT2D eigenvalue weighted by molar-refractivity contribution is 9.11. The van der Waals surface area contributed by atoms with Crippen LogP contribution in [0, 0.1) is 0 Å². The molecule has 3 N–H and O–H groups in total. The van der Waals surface area contributed by atoms with E-state index in [9.17, 15) is 9.90 Å². The molecule has 23 heavy (non-hydrogen) atoms. The van der Waals surface area contributed by atoms with Crippen LogP contribution in [-0.4, -0.2) is 23.8 Å². The fourth-order valence-electron chi connectivity index (χ4n) is 1.69. The molecule has 0 unspecified atom stereocenters. The van der Waals surface area contributed by atoms with Gasteiger partial charge in [-0.1, -0.05) is 23.7 Å². The quantitative estimate of drug-likeness (QED) is 0.463. The Labute approximate surface area is 155 Å². The number of benzene rings is 2. The van der Waals surface area contributed by atoms with Gasteiger partial charge in [0.15, 0.2) is 0 Å². The van der Waals surface area contributed by atoms with Gasteiger partial charge in [0.25, 0.3) is 5.91 Å². The van der Waals surface area contributed by atoms with E-state index in [2.05, 4.69) is 47.7 Å². The number of anilines is 1. The van der Waals surface area contributed by atoms with Crippen LogP contribution >= 0.6 is 43.5 Å². The summed E-state index contributed by atoms with van der Waals surface area (Å²) in [5, 5.41) is 16.9. The molecule has 5 nitrogen and oxygen atoms in total. The standard InChI is InChI=1S/C15H12Br2ClN3O2/c16-11-5-10(18)6-12(17)15(11)19-8-14(23)21-20-7-9-3-1-2-4-13(9)22/h1-7,19,22H,8H2,(H,21,23)/b20-7-. The van der Waals surface area contributed by atoms with Gasteiger partial charge in [0.1, 0.15) is 5.75 Å². The summed E-state index contributed by atoms with van der Waals surface area (Å²) in [7, 11) is 0. The number of rotatable bonds is 5. The summed E-state index contributed by atoms with van der Waals surface area (Å²) < 4.78 is 1.48. The van der Waals surface area contributed by atoms with Crippen LogP contribution in [0.2, 0.25) is 5.02 Å². The molecule has 0 aliphatic rings. The highest BCUT2D eigenvalue weighted by Crippen LogP contribution is 2.33. The third-order valence-corrected chi connectivity index (χ3v) is 4.23. The Kier molecular flexibility index (Phi) is 6.44. The van der Waals surface area contributed by atoms with Gasteiger partial charge in [-0.2, -0.15) is 5.10 Å². The average Bonchev–Trinajstić information content (AvgIpc) is 2.48. The van der Waals surface area contributed by atoms with E-state index in [4.69, 9.17) is 11.6 Å². The van der Waals surface area contributed by atoms with Crippen LogP contribution in [0.25, 0.3) is 0 Å². The maximum absolute atomic E-state index is 11.8. The number of carbonyl (C=O) groups is 1. The van der Waals surface area contributed by atoms with Crippen LogP contribution < -0.4 is 10.7 Å². The van der Waals surface area contributed by atoms with E-state index in [1.165, 1.54) is 6.21 Å². The molecular formula is C15H12Br2ClN3O2. The van der Waals surface area contributed by atoms with Crippen LogP contribution in [0.1, 0.15) is 5.56 Å². The maximum atomic E-state index is 11.8. The van der Waals surface area contributed by atoms with E-state index in [1.807, 2.05) is 0 Å². The number of phenolic OH excluding ortho intramolecular Hbond substituents is 1. The lowest BCUT2D eigenvalue weighted by atomic mass is 10.2. The van der Waals surface area contributed by atoms with Crippen molar-refractivity contribution in [2.24, 2.45) is 5.10 Å². The highest BCUT2D eigenvalue weighted by Gasteiger charge is 2.08. The molecule has 0 radical (unpaired) electrons. The molecule has 1 amide bonds. The van der Waals surface area contributed by atoms with E-state index in [0.717, 1.165) is 8.95 Å². The SMILES string of the molecule is O=C(CNc1c(Br)cc(Cl)cc1Br)N/N=C\c1ccccc1O. The smallest absolute Gasteiger partial charge is 0.259 e. The predicted molar refractivity (Wildman–Crippen MR) is 99.2 cm³/mol. The largest absolute Gasteiger partial charge is 0.507 e. The minimum absolute atomic E-state index is 0.0247. The van der Waals surface area contributed by atoms with Gasteiger partial charge >= 0.3 is 0 Å². The summed E-state index contributed by atoms with van der Waals surface area (Å²) in [6.07, 6.45) is 1.38. The minimum atomic E-state index is -0.328. The van der Waals surface area contributed by atoms with Crippen molar-refractivity contribution in [2.75, 3.05) is 11.9 Å². The van der Waals surface area contributed by atoms with Gasteiger partial charge in [0.2, 0.25) is 0 Å². The van der Waals surface area contributed by atoms with Crippen molar-refractivity contribution in [3.63, 3.8) is 0 Å². The summed E-state index contributed by atoms with van der Waals surface area (Å²) >= 11 is 12.7. The van der Waals surface area contributed by atoms with Gasteiger partial charge in [-0.15, -0.1) is 0 Å². The number of hydrogen-bond donors (Lipinski definition) is 3. The Balaban J connectivity index is 1.90. The molecule has 120 valence electrons. The molecule has 2 aromatic rings. The third-order valence-electron chi connectivity index (χ3n) is 2.76.